The average Bonchev–Trinajstić information content (AvgIpc) is 2.71. The van der Waals surface area contributed by atoms with Gasteiger partial charge in [-0.25, -0.2) is 0 Å². The molecule has 2 fully saturated rings. The molecule has 2 aliphatic heterocycles. The first-order chi connectivity index (χ1) is 17.0. The van der Waals surface area contributed by atoms with Gasteiger partial charge in [0.25, 0.3) is 0 Å². The third-order valence-corrected chi connectivity index (χ3v) is 9.14. The fourth-order valence-corrected chi connectivity index (χ4v) is 8.44. The molecule has 2 aliphatic rings. The summed E-state index contributed by atoms with van der Waals surface area (Å²) in [6, 6.07) is 0. The maximum atomic E-state index is 13.3. The number of hydrogen-bond donors (Lipinski definition) is 3. The van der Waals surface area contributed by atoms with E-state index < -0.39 is 0 Å². The Morgan fingerprint density at radius 2 is 1.27 bits per heavy atom. The topological polar surface area (TPSA) is 53.2 Å². The maximum Gasteiger partial charge on any atom is 0.223 e. The molecule has 218 valence electrons. The Labute approximate surface area is 231 Å². The summed E-state index contributed by atoms with van der Waals surface area (Å²) in [6.07, 6.45) is 16.1. The van der Waals surface area contributed by atoms with E-state index in [1.807, 2.05) is 0 Å². The van der Waals surface area contributed by atoms with Crippen molar-refractivity contribution in [1.82, 2.24) is 16.0 Å². The molecule has 37 heavy (non-hydrogen) atoms. The van der Waals surface area contributed by atoms with Crippen molar-refractivity contribution >= 4 is 5.91 Å². The van der Waals surface area contributed by atoms with Gasteiger partial charge in [-0.1, -0.05) is 58.8 Å². The Morgan fingerprint density at radius 1 is 0.757 bits per heavy atom. The molecule has 2 saturated heterocycles. The van der Waals surface area contributed by atoms with Crippen LogP contribution in [-0.4, -0.2) is 34.6 Å². The molecule has 0 aromatic heterocycles. The Bertz CT molecular complexity index is 664. The molecule has 2 atom stereocenters. The zero-order valence-corrected chi connectivity index (χ0v) is 26.6. The monoisotopic (exact) mass is 520 g/mol. The lowest BCUT2D eigenvalue weighted by Crippen LogP contribution is -2.59. The van der Waals surface area contributed by atoms with Crippen LogP contribution in [0.2, 0.25) is 0 Å². The van der Waals surface area contributed by atoms with E-state index in [1.165, 1.54) is 64.2 Å². The highest BCUT2D eigenvalue weighted by Gasteiger charge is 2.42. The quantitative estimate of drug-likeness (QED) is 0.204. The second-order valence-corrected chi connectivity index (χ2v) is 15.7. The van der Waals surface area contributed by atoms with Crippen molar-refractivity contribution in [3.8, 4) is 0 Å². The summed E-state index contributed by atoms with van der Waals surface area (Å²) in [5.41, 5.74) is 0.763. The predicted octanol–water partition coefficient (Wildman–Crippen LogP) is 8.00. The summed E-state index contributed by atoms with van der Waals surface area (Å²) in [6.45, 7) is 24.1. The van der Waals surface area contributed by atoms with Gasteiger partial charge in [-0.3, -0.25) is 4.79 Å². The van der Waals surface area contributed by atoms with E-state index in [4.69, 9.17) is 0 Å². The predicted molar refractivity (Wildman–Crippen MR) is 161 cm³/mol. The van der Waals surface area contributed by atoms with Gasteiger partial charge in [0.15, 0.2) is 0 Å². The van der Waals surface area contributed by atoms with Crippen LogP contribution in [0.1, 0.15) is 153 Å². The normalized spacial score (nSPS) is 24.9. The summed E-state index contributed by atoms with van der Waals surface area (Å²) >= 11 is 0. The first-order valence-corrected chi connectivity index (χ1v) is 15.9. The molecule has 1 amide bonds. The minimum Gasteiger partial charge on any atom is -0.356 e. The molecule has 0 spiro atoms. The molecular formula is C33H65N3O. The lowest BCUT2D eigenvalue weighted by molar-refractivity contribution is -0.127. The van der Waals surface area contributed by atoms with Crippen molar-refractivity contribution in [3.05, 3.63) is 0 Å². The maximum absolute atomic E-state index is 13.3. The number of rotatable bonds is 14. The molecule has 2 unspecified atom stereocenters. The molecule has 0 aliphatic carbocycles. The number of piperidine rings is 2. The van der Waals surface area contributed by atoms with Crippen LogP contribution in [0.5, 0.6) is 0 Å². The highest BCUT2D eigenvalue weighted by molar-refractivity contribution is 5.78. The lowest BCUT2D eigenvalue weighted by atomic mass is 9.66. The zero-order valence-electron chi connectivity index (χ0n) is 26.6. The van der Waals surface area contributed by atoms with E-state index in [0.717, 1.165) is 31.7 Å². The van der Waals surface area contributed by atoms with Gasteiger partial charge in [0, 0.05) is 34.6 Å². The van der Waals surface area contributed by atoms with Crippen molar-refractivity contribution < 1.29 is 4.79 Å². The first-order valence-electron chi connectivity index (χ1n) is 15.9. The first kappa shape index (κ1) is 32.6. The number of nitrogens with one attached hydrogen (secondary N) is 3. The van der Waals surface area contributed by atoms with Crippen LogP contribution in [0.15, 0.2) is 0 Å². The molecule has 0 aromatic rings. The Kier molecular flexibility index (Phi) is 12.0. The van der Waals surface area contributed by atoms with Crippen LogP contribution in [0.4, 0.5) is 0 Å². The van der Waals surface area contributed by atoms with Gasteiger partial charge in [-0.05, 0) is 112 Å². The zero-order chi connectivity index (χ0) is 27.9. The van der Waals surface area contributed by atoms with Crippen LogP contribution in [0.3, 0.4) is 0 Å². The summed E-state index contributed by atoms with van der Waals surface area (Å²) in [4.78, 5) is 13.3. The van der Waals surface area contributed by atoms with Crippen LogP contribution >= 0.6 is 0 Å². The minimum atomic E-state index is 0.0955. The van der Waals surface area contributed by atoms with Gasteiger partial charge >= 0.3 is 0 Å². The number of hydrogen-bond acceptors (Lipinski definition) is 3. The summed E-state index contributed by atoms with van der Waals surface area (Å²) in [7, 11) is 0. The SMILES string of the molecule is CCCCCC(C1CC(C)(C)NC(C)(C)C1)C(C)C(=O)NCCCCCCC1CC(C)(C)NC(C)(C)C1. The van der Waals surface area contributed by atoms with Gasteiger partial charge in [-0.2, -0.15) is 0 Å². The molecule has 0 radical (unpaired) electrons. The fraction of sp³-hybridized carbons (Fsp3) is 0.970. The third-order valence-electron chi connectivity index (χ3n) is 9.14. The smallest absolute Gasteiger partial charge is 0.223 e. The molecular weight excluding hydrogens is 454 g/mol. The molecule has 3 N–H and O–H groups in total. The van der Waals surface area contributed by atoms with Crippen LogP contribution in [0, 0.1) is 23.7 Å². The standard InChI is InChI=1S/C33H65N3O/c1-11-12-15-19-28(27-23-32(7,8)36-33(9,10)24-27)25(2)29(37)34-20-17-14-13-16-18-26-21-30(3,4)35-31(5,6)22-26/h25-28,35-36H,11-24H2,1-10H3,(H,34,37). The Balaban J connectivity index is 1.76. The van der Waals surface area contributed by atoms with E-state index in [1.54, 1.807) is 0 Å². The number of amides is 1. The third kappa shape index (κ3) is 11.6. The van der Waals surface area contributed by atoms with Crippen LogP contribution in [-0.2, 0) is 4.79 Å². The highest BCUT2D eigenvalue weighted by Crippen LogP contribution is 2.42. The molecule has 4 heteroatoms. The van der Waals surface area contributed by atoms with Crippen molar-refractivity contribution in [3.63, 3.8) is 0 Å². The van der Waals surface area contributed by atoms with Crippen molar-refractivity contribution in [2.45, 2.75) is 175 Å². The van der Waals surface area contributed by atoms with E-state index in [9.17, 15) is 4.79 Å². The molecule has 0 aromatic carbocycles. The summed E-state index contributed by atoms with van der Waals surface area (Å²) in [5, 5.41) is 11.0. The van der Waals surface area contributed by atoms with Crippen LogP contribution < -0.4 is 16.0 Å². The number of carbonyl (C=O) groups is 1. The molecule has 2 rings (SSSR count). The van der Waals surface area contributed by atoms with E-state index in [0.29, 0.717) is 11.8 Å². The van der Waals surface area contributed by atoms with Gasteiger partial charge < -0.3 is 16.0 Å². The highest BCUT2D eigenvalue weighted by atomic mass is 16.1. The number of unbranched alkanes of at least 4 members (excludes halogenated alkanes) is 5. The second kappa shape index (κ2) is 13.6. The Morgan fingerprint density at radius 3 is 1.81 bits per heavy atom. The summed E-state index contributed by atoms with van der Waals surface area (Å²) < 4.78 is 0. The summed E-state index contributed by atoms with van der Waals surface area (Å²) in [5.74, 6) is 2.30. The molecule has 4 nitrogen and oxygen atoms in total. The van der Waals surface area contributed by atoms with Crippen molar-refractivity contribution in [1.29, 1.82) is 0 Å². The van der Waals surface area contributed by atoms with Crippen LogP contribution in [0.25, 0.3) is 0 Å². The van der Waals surface area contributed by atoms with Gasteiger partial charge in [0.2, 0.25) is 5.91 Å². The molecule has 2 heterocycles. The minimum absolute atomic E-state index is 0.0955. The van der Waals surface area contributed by atoms with Gasteiger partial charge in [0.05, 0.1) is 0 Å². The van der Waals surface area contributed by atoms with Gasteiger partial charge in [-0.15, -0.1) is 0 Å². The van der Waals surface area contributed by atoms with E-state index in [2.05, 4.69) is 85.2 Å². The van der Waals surface area contributed by atoms with Crippen molar-refractivity contribution in [2.75, 3.05) is 6.54 Å². The average molecular weight is 520 g/mol. The van der Waals surface area contributed by atoms with Gasteiger partial charge in [0.1, 0.15) is 0 Å². The lowest BCUT2D eigenvalue weighted by Gasteiger charge is -2.49. The Hall–Kier alpha value is -0.610. The van der Waals surface area contributed by atoms with E-state index in [-0.39, 0.29) is 34.0 Å². The fourth-order valence-electron chi connectivity index (χ4n) is 8.44. The largest absolute Gasteiger partial charge is 0.356 e. The second-order valence-electron chi connectivity index (χ2n) is 15.7. The number of carbonyl (C=O) groups excluding carboxylic acids is 1. The molecule has 0 bridgehead atoms. The van der Waals surface area contributed by atoms with Crippen molar-refractivity contribution in [2.24, 2.45) is 23.7 Å². The van der Waals surface area contributed by atoms with E-state index >= 15 is 0 Å². The molecule has 0 saturated carbocycles.